The van der Waals surface area contributed by atoms with Crippen molar-refractivity contribution in [3.05, 3.63) is 47.0 Å². The van der Waals surface area contributed by atoms with Crippen molar-refractivity contribution in [2.75, 3.05) is 0 Å². The van der Waals surface area contributed by atoms with Crippen LogP contribution in [0.4, 0.5) is 0 Å². The summed E-state index contributed by atoms with van der Waals surface area (Å²) in [5.41, 5.74) is 2.75. The van der Waals surface area contributed by atoms with Gasteiger partial charge in [0.15, 0.2) is 0 Å². The molecule has 2 heterocycles. The number of aromatic nitrogens is 3. The standard InChI is InChI=1S/C12H7Cl2N3/c13-7-1-2-10-8(5-7)9(6-16-10)11-3-4-15-12(14)17-11/h1-6,16H. The van der Waals surface area contributed by atoms with Crippen LogP contribution in [0.15, 0.2) is 36.7 Å². The number of benzene rings is 1. The number of aromatic amines is 1. The summed E-state index contributed by atoms with van der Waals surface area (Å²) in [4.78, 5) is 11.2. The number of hydrogen-bond acceptors (Lipinski definition) is 2. The monoisotopic (exact) mass is 263 g/mol. The van der Waals surface area contributed by atoms with Gasteiger partial charge in [-0.2, -0.15) is 0 Å². The Morgan fingerprint density at radius 1 is 1.12 bits per heavy atom. The summed E-state index contributed by atoms with van der Waals surface area (Å²) >= 11 is 11.8. The van der Waals surface area contributed by atoms with Crippen LogP contribution in [0.3, 0.4) is 0 Å². The Morgan fingerprint density at radius 2 is 2.00 bits per heavy atom. The van der Waals surface area contributed by atoms with Gasteiger partial charge in [-0.25, -0.2) is 9.97 Å². The number of halogens is 2. The van der Waals surface area contributed by atoms with Crippen molar-refractivity contribution < 1.29 is 0 Å². The Kier molecular flexibility index (Phi) is 2.50. The molecule has 0 amide bonds. The van der Waals surface area contributed by atoms with Crippen LogP contribution in [-0.4, -0.2) is 15.0 Å². The Balaban J connectivity index is 2.27. The van der Waals surface area contributed by atoms with Crippen molar-refractivity contribution >= 4 is 34.1 Å². The molecule has 3 rings (SSSR count). The molecule has 2 aromatic heterocycles. The second-order valence-electron chi connectivity index (χ2n) is 3.60. The number of nitrogens with one attached hydrogen (secondary N) is 1. The number of nitrogens with zero attached hydrogens (tertiary/aromatic N) is 2. The van der Waals surface area contributed by atoms with Crippen LogP contribution in [-0.2, 0) is 0 Å². The maximum Gasteiger partial charge on any atom is 0.222 e. The second kappa shape index (κ2) is 4.02. The molecule has 0 radical (unpaired) electrons. The van der Waals surface area contributed by atoms with Crippen LogP contribution in [0, 0.1) is 0 Å². The van der Waals surface area contributed by atoms with Crippen LogP contribution in [0.25, 0.3) is 22.2 Å². The summed E-state index contributed by atoms with van der Waals surface area (Å²) in [5.74, 6) is 0. The average molecular weight is 264 g/mol. The molecule has 0 aliphatic heterocycles. The van der Waals surface area contributed by atoms with E-state index in [0.29, 0.717) is 5.02 Å². The highest BCUT2D eigenvalue weighted by molar-refractivity contribution is 6.31. The van der Waals surface area contributed by atoms with Gasteiger partial charge in [0.2, 0.25) is 5.28 Å². The molecule has 0 fully saturated rings. The lowest BCUT2D eigenvalue weighted by atomic mass is 10.1. The minimum Gasteiger partial charge on any atom is -0.360 e. The fraction of sp³-hybridized carbons (Fsp3) is 0. The van der Waals surface area contributed by atoms with Gasteiger partial charge >= 0.3 is 0 Å². The third-order valence-corrected chi connectivity index (χ3v) is 2.96. The predicted octanol–water partition coefficient (Wildman–Crippen LogP) is 3.93. The summed E-state index contributed by atoms with van der Waals surface area (Å²) in [5, 5.41) is 1.95. The zero-order valence-electron chi connectivity index (χ0n) is 8.61. The van der Waals surface area contributed by atoms with Crippen LogP contribution >= 0.6 is 23.2 Å². The summed E-state index contributed by atoms with van der Waals surface area (Å²) < 4.78 is 0. The molecule has 1 N–H and O–H groups in total. The highest BCUT2D eigenvalue weighted by Crippen LogP contribution is 2.29. The molecule has 0 unspecified atom stereocenters. The van der Waals surface area contributed by atoms with Crippen LogP contribution in [0.2, 0.25) is 10.3 Å². The third-order valence-electron chi connectivity index (χ3n) is 2.55. The molecule has 5 heteroatoms. The van der Waals surface area contributed by atoms with Gasteiger partial charge < -0.3 is 4.98 Å². The maximum atomic E-state index is 5.99. The summed E-state index contributed by atoms with van der Waals surface area (Å²) in [6.45, 7) is 0. The molecule has 3 aromatic rings. The van der Waals surface area contributed by atoms with Gasteiger partial charge in [-0.3, -0.25) is 0 Å². The molecule has 1 aromatic carbocycles. The molecule has 0 saturated heterocycles. The first kappa shape index (κ1) is 10.6. The minimum atomic E-state index is 0.235. The van der Waals surface area contributed by atoms with E-state index in [9.17, 15) is 0 Å². The van der Waals surface area contributed by atoms with E-state index in [1.54, 1.807) is 6.20 Å². The van der Waals surface area contributed by atoms with Gasteiger partial charge in [-0.15, -0.1) is 0 Å². The van der Waals surface area contributed by atoms with Crippen LogP contribution in [0.5, 0.6) is 0 Å². The molecular weight excluding hydrogens is 257 g/mol. The smallest absolute Gasteiger partial charge is 0.222 e. The maximum absolute atomic E-state index is 5.99. The van der Waals surface area contributed by atoms with E-state index in [2.05, 4.69) is 15.0 Å². The Hall–Kier alpha value is -1.58. The highest BCUT2D eigenvalue weighted by Gasteiger charge is 2.08. The second-order valence-corrected chi connectivity index (χ2v) is 4.38. The molecule has 0 spiro atoms. The number of rotatable bonds is 1. The highest BCUT2D eigenvalue weighted by atomic mass is 35.5. The lowest BCUT2D eigenvalue weighted by Crippen LogP contribution is -1.85. The predicted molar refractivity (Wildman–Crippen MR) is 69.3 cm³/mol. The first-order valence-electron chi connectivity index (χ1n) is 4.99. The zero-order valence-corrected chi connectivity index (χ0v) is 10.1. The van der Waals surface area contributed by atoms with Gasteiger partial charge in [0, 0.05) is 33.9 Å². The molecule has 0 aliphatic rings. The van der Waals surface area contributed by atoms with Crippen molar-refractivity contribution in [1.82, 2.24) is 15.0 Å². The fourth-order valence-electron chi connectivity index (χ4n) is 1.79. The molecule has 84 valence electrons. The largest absolute Gasteiger partial charge is 0.360 e. The molecule has 17 heavy (non-hydrogen) atoms. The van der Waals surface area contributed by atoms with Crippen molar-refractivity contribution in [2.45, 2.75) is 0 Å². The number of fused-ring (bicyclic) bond motifs is 1. The van der Waals surface area contributed by atoms with E-state index < -0.39 is 0 Å². The topological polar surface area (TPSA) is 41.6 Å². The van der Waals surface area contributed by atoms with Crippen LogP contribution in [0.1, 0.15) is 0 Å². The van der Waals surface area contributed by atoms with Crippen molar-refractivity contribution in [1.29, 1.82) is 0 Å². The molecule has 0 saturated carbocycles. The lowest BCUT2D eigenvalue weighted by molar-refractivity contribution is 1.17. The van der Waals surface area contributed by atoms with E-state index in [1.807, 2.05) is 30.5 Å². The minimum absolute atomic E-state index is 0.235. The van der Waals surface area contributed by atoms with E-state index in [0.717, 1.165) is 22.2 Å². The third kappa shape index (κ3) is 1.88. The summed E-state index contributed by atoms with van der Waals surface area (Å²) in [7, 11) is 0. The first-order chi connectivity index (χ1) is 8.24. The Bertz CT molecular complexity index is 691. The average Bonchev–Trinajstić information content (AvgIpc) is 2.71. The van der Waals surface area contributed by atoms with Gasteiger partial charge in [-0.05, 0) is 35.9 Å². The Morgan fingerprint density at radius 3 is 2.82 bits per heavy atom. The van der Waals surface area contributed by atoms with Gasteiger partial charge in [0.1, 0.15) is 0 Å². The molecular formula is C12H7Cl2N3. The lowest BCUT2D eigenvalue weighted by Gasteiger charge is -1.99. The Labute approximate surface area is 107 Å². The van der Waals surface area contributed by atoms with Gasteiger partial charge in [0.25, 0.3) is 0 Å². The number of H-pyrrole nitrogens is 1. The summed E-state index contributed by atoms with van der Waals surface area (Å²) in [6, 6.07) is 7.50. The number of hydrogen-bond donors (Lipinski definition) is 1. The van der Waals surface area contributed by atoms with E-state index in [4.69, 9.17) is 23.2 Å². The zero-order chi connectivity index (χ0) is 11.8. The van der Waals surface area contributed by atoms with E-state index in [-0.39, 0.29) is 5.28 Å². The normalized spacial score (nSPS) is 10.9. The quantitative estimate of drug-likeness (QED) is 0.676. The van der Waals surface area contributed by atoms with Crippen LogP contribution < -0.4 is 0 Å². The van der Waals surface area contributed by atoms with Gasteiger partial charge in [-0.1, -0.05) is 11.6 Å². The molecule has 0 bridgehead atoms. The van der Waals surface area contributed by atoms with Crippen molar-refractivity contribution in [3.63, 3.8) is 0 Å². The van der Waals surface area contributed by atoms with E-state index >= 15 is 0 Å². The SMILES string of the molecule is Clc1ccc2[nH]cc(-c3ccnc(Cl)n3)c2c1. The first-order valence-corrected chi connectivity index (χ1v) is 5.75. The molecule has 3 nitrogen and oxygen atoms in total. The molecule has 0 aliphatic carbocycles. The van der Waals surface area contributed by atoms with E-state index in [1.165, 1.54) is 0 Å². The van der Waals surface area contributed by atoms with Crippen molar-refractivity contribution in [3.8, 4) is 11.3 Å². The fourth-order valence-corrected chi connectivity index (χ4v) is 2.11. The molecule has 0 atom stereocenters. The van der Waals surface area contributed by atoms with Gasteiger partial charge in [0.05, 0.1) is 5.69 Å². The summed E-state index contributed by atoms with van der Waals surface area (Å²) in [6.07, 6.45) is 3.52. The van der Waals surface area contributed by atoms with Crippen molar-refractivity contribution in [2.24, 2.45) is 0 Å².